The molecule has 8 nitrogen and oxygen atoms in total. The normalized spacial score (nSPS) is 15.6. The molecule has 0 saturated heterocycles. The Morgan fingerprint density at radius 1 is 1.00 bits per heavy atom. The third-order valence-electron chi connectivity index (χ3n) is 4.54. The van der Waals surface area contributed by atoms with E-state index >= 15 is 0 Å². The number of hydrogen-bond donors (Lipinski definition) is 0. The van der Waals surface area contributed by atoms with Crippen molar-refractivity contribution >= 4 is 22.9 Å². The Hall–Kier alpha value is -3.03. The second-order valence-corrected chi connectivity index (χ2v) is 6.51. The van der Waals surface area contributed by atoms with Gasteiger partial charge in [-0.1, -0.05) is 0 Å². The molecular weight excluding hydrogens is 356 g/mol. The maximum atomic E-state index is 12.3. The van der Waals surface area contributed by atoms with E-state index in [1.807, 2.05) is 0 Å². The Morgan fingerprint density at radius 3 is 2.22 bits per heavy atom. The molecule has 0 saturated carbocycles. The zero-order valence-corrected chi connectivity index (χ0v) is 14.9. The van der Waals surface area contributed by atoms with Crippen molar-refractivity contribution in [3.8, 4) is 11.5 Å². The van der Waals surface area contributed by atoms with Crippen LogP contribution in [-0.4, -0.2) is 24.1 Å². The molecule has 0 fully saturated rings. The van der Waals surface area contributed by atoms with Crippen molar-refractivity contribution in [2.45, 2.75) is 51.7 Å². The number of carbonyl (C=O) groups excluding carboxylic acids is 2. The van der Waals surface area contributed by atoms with Crippen LogP contribution in [0.2, 0.25) is 0 Å². The lowest BCUT2D eigenvalue weighted by atomic mass is 9.90. The maximum absolute atomic E-state index is 12.3. The molecule has 1 aromatic carbocycles. The maximum Gasteiger partial charge on any atom is 0.339 e. The van der Waals surface area contributed by atoms with Crippen LogP contribution < -0.4 is 25.3 Å². The molecule has 144 valence electrons. The van der Waals surface area contributed by atoms with Crippen LogP contribution in [0.4, 0.5) is 0 Å². The van der Waals surface area contributed by atoms with E-state index in [2.05, 4.69) is 0 Å². The van der Waals surface area contributed by atoms with Gasteiger partial charge in [0.25, 0.3) is 0 Å². The number of hydrogen-bond acceptors (Lipinski definition) is 8. The molecule has 0 spiro atoms. The van der Waals surface area contributed by atoms with Crippen molar-refractivity contribution in [1.29, 1.82) is 0 Å². The Balaban J connectivity index is 2.20. The number of ether oxygens (including phenoxy) is 2. The standard InChI is InChI=1S/C19H20O8/c1-9(17(20)21)25-11-7-14(26-10(2)18(22)23)16-12-5-3-4-6-13(12)19(24)27-15(16)8-11/h7-10H,3-6H2,1-2H3,(H,20,21)(H,22,23)/p-2/t9-,10-/m0/s1. The molecule has 1 aliphatic carbocycles. The van der Waals surface area contributed by atoms with Gasteiger partial charge < -0.3 is 33.7 Å². The van der Waals surface area contributed by atoms with Crippen molar-refractivity contribution < 1.29 is 33.7 Å². The average molecular weight is 374 g/mol. The summed E-state index contributed by atoms with van der Waals surface area (Å²) < 4.78 is 16.2. The summed E-state index contributed by atoms with van der Waals surface area (Å²) in [5.41, 5.74) is 0.981. The van der Waals surface area contributed by atoms with Crippen molar-refractivity contribution in [3.63, 3.8) is 0 Å². The first-order chi connectivity index (χ1) is 12.8. The zero-order valence-electron chi connectivity index (χ0n) is 14.9. The molecule has 0 unspecified atom stereocenters. The van der Waals surface area contributed by atoms with Crippen molar-refractivity contribution in [3.05, 3.63) is 33.7 Å². The van der Waals surface area contributed by atoms with Crippen molar-refractivity contribution in [1.82, 2.24) is 0 Å². The number of carboxylic acids is 2. The van der Waals surface area contributed by atoms with Crippen LogP contribution in [0.1, 0.15) is 37.8 Å². The van der Waals surface area contributed by atoms with Gasteiger partial charge in [-0.05, 0) is 45.1 Å². The van der Waals surface area contributed by atoms with Crippen LogP contribution in [0.3, 0.4) is 0 Å². The largest absolute Gasteiger partial charge is 0.546 e. The highest BCUT2D eigenvalue weighted by molar-refractivity contribution is 5.90. The van der Waals surface area contributed by atoms with E-state index in [0.29, 0.717) is 23.8 Å². The van der Waals surface area contributed by atoms with Gasteiger partial charge in [-0.3, -0.25) is 0 Å². The molecule has 1 aliphatic rings. The van der Waals surface area contributed by atoms with Crippen LogP contribution in [0.5, 0.6) is 11.5 Å². The first kappa shape index (κ1) is 18.8. The van der Waals surface area contributed by atoms with Crippen molar-refractivity contribution in [2.75, 3.05) is 0 Å². The molecule has 27 heavy (non-hydrogen) atoms. The predicted molar refractivity (Wildman–Crippen MR) is 89.3 cm³/mol. The summed E-state index contributed by atoms with van der Waals surface area (Å²) in [4.78, 5) is 34.4. The Bertz CT molecular complexity index is 958. The zero-order chi connectivity index (χ0) is 19.7. The van der Waals surface area contributed by atoms with Gasteiger partial charge >= 0.3 is 5.63 Å². The number of aliphatic carboxylic acids is 2. The number of carbonyl (C=O) groups is 2. The molecule has 0 radical (unpaired) electrons. The highest BCUT2D eigenvalue weighted by atomic mass is 16.5. The van der Waals surface area contributed by atoms with E-state index < -0.39 is 29.8 Å². The monoisotopic (exact) mass is 374 g/mol. The van der Waals surface area contributed by atoms with Gasteiger partial charge in [-0.15, -0.1) is 0 Å². The molecule has 1 aromatic heterocycles. The molecule has 2 aromatic rings. The lowest BCUT2D eigenvalue weighted by molar-refractivity contribution is -0.313. The summed E-state index contributed by atoms with van der Waals surface area (Å²) in [6.45, 7) is 2.59. The van der Waals surface area contributed by atoms with E-state index in [9.17, 15) is 24.6 Å². The molecule has 2 atom stereocenters. The third-order valence-corrected chi connectivity index (χ3v) is 4.54. The van der Waals surface area contributed by atoms with Crippen LogP contribution in [0.25, 0.3) is 11.0 Å². The van der Waals surface area contributed by atoms with Gasteiger partial charge in [0.2, 0.25) is 0 Å². The number of carboxylic acid groups (broad SMARTS) is 2. The molecule has 1 heterocycles. The fourth-order valence-corrected chi connectivity index (χ4v) is 3.16. The van der Waals surface area contributed by atoms with Gasteiger partial charge in [-0.25, -0.2) is 4.79 Å². The van der Waals surface area contributed by atoms with Gasteiger partial charge in [-0.2, -0.15) is 0 Å². The van der Waals surface area contributed by atoms with Crippen molar-refractivity contribution in [2.24, 2.45) is 0 Å². The van der Waals surface area contributed by atoms with E-state index in [1.165, 1.54) is 26.0 Å². The quantitative estimate of drug-likeness (QED) is 0.631. The Labute approximate surface area is 154 Å². The average Bonchev–Trinajstić information content (AvgIpc) is 2.61. The fourth-order valence-electron chi connectivity index (χ4n) is 3.16. The Kier molecular flexibility index (Phi) is 5.07. The first-order valence-corrected chi connectivity index (χ1v) is 8.65. The summed E-state index contributed by atoms with van der Waals surface area (Å²) in [5.74, 6) is -2.65. The van der Waals surface area contributed by atoms with Crippen LogP contribution >= 0.6 is 0 Å². The Morgan fingerprint density at radius 2 is 1.59 bits per heavy atom. The minimum absolute atomic E-state index is 0.0543. The minimum atomic E-state index is -1.42. The SMILES string of the molecule is C[C@H](Oc1cc(O[C@@H](C)C(=O)[O-])c2c3c(c(=O)oc2c1)CCCC3)C(=O)[O-]. The molecule has 8 heteroatoms. The minimum Gasteiger partial charge on any atom is -0.546 e. The third kappa shape index (κ3) is 3.74. The summed E-state index contributed by atoms with van der Waals surface area (Å²) in [6, 6.07) is 2.78. The summed E-state index contributed by atoms with van der Waals surface area (Å²) in [5, 5.41) is 22.5. The van der Waals surface area contributed by atoms with Crippen LogP contribution in [0.15, 0.2) is 21.3 Å². The lowest BCUT2D eigenvalue weighted by Crippen LogP contribution is -2.37. The van der Waals surface area contributed by atoms with E-state index in [-0.39, 0.29) is 17.1 Å². The second-order valence-electron chi connectivity index (χ2n) is 6.51. The van der Waals surface area contributed by atoms with Gasteiger partial charge in [0.1, 0.15) is 29.3 Å². The topological polar surface area (TPSA) is 129 Å². The van der Waals surface area contributed by atoms with E-state index in [1.54, 1.807) is 0 Å². The number of rotatable bonds is 6. The fraction of sp³-hybridized carbons (Fsp3) is 0.421. The molecule has 3 rings (SSSR count). The number of fused-ring (bicyclic) bond motifs is 3. The number of benzene rings is 1. The highest BCUT2D eigenvalue weighted by Gasteiger charge is 2.23. The molecule has 0 N–H and O–H groups in total. The lowest BCUT2D eigenvalue weighted by Gasteiger charge is -2.22. The van der Waals surface area contributed by atoms with E-state index in [4.69, 9.17) is 13.9 Å². The smallest absolute Gasteiger partial charge is 0.339 e. The summed E-state index contributed by atoms with van der Waals surface area (Å²) >= 11 is 0. The highest BCUT2D eigenvalue weighted by Crippen LogP contribution is 2.37. The van der Waals surface area contributed by atoms with Gasteiger partial charge in [0, 0.05) is 17.7 Å². The summed E-state index contributed by atoms with van der Waals surface area (Å²) in [7, 11) is 0. The number of aryl methyl sites for hydroxylation is 1. The second kappa shape index (κ2) is 7.30. The van der Waals surface area contributed by atoms with Gasteiger partial charge in [0.15, 0.2) is 0 Å². The predicted octanol–water partition coefficient (Wildman–Crippen LogP) is -0.294. The molecule has 0 bridgehead atoms. The summed E-state index contributed by atoms with van der Waals surface area (Å²) in [6.07, 6.45) is 0.401. The first-order valence-electron chi connectivity index (χ1n) is 8.65. The molecule has 0 aliphatic heterocycles. The van der Waals surface area contributed by atoms with Crippen LogP contribution in [0, 0.1) is 0 Å². The van der Waals surface area contributed by atoms with Crippen LogP contribution in [-0.2, 0) is 22.4 Å². The molecule has 0 amide bonds. The van der Waals surface area contributed by atoms with E-state index in [0.717, 1.165) is 18.4 Å². The van der Waals surface area contributed by atoms with Gasteiger partial charge in [0.05, 0.1) is 17.3 Å². The molecular formula is C19H18O8-2.